The van der Waals surface area contributed by atoms with Gasteiger partial charge in [-0.2, -0.15) is 5.26 Å². The number of nitrogens with zero attached hydrogens (tertiary/aromatic N) is 1. The minimum absolute atomic E-state index is 0.349. The first-order valence-electron chi connectivity index (χ1n) is 9.24. The first kappa shape index (κ1) is 16.8. The fourth-order valence-electron chi connectivity index (χ4n) is 4.09. The molecule has 2 heteroatoms. The van der Waals surface area contributed by atoms with Gasteiger partial charge in [0.05, 0.1) is 12.2 Å². The SMILES string of the molecule is CCC(C)CCOC1CCC(C2CCC(C#N)CC2)CC1. The zero-order chi connectivity index (χ0) is 15.1. The van der Waals surface area contributed by atoms with Gasteiger partial charge in [0, 0.05) is 12.5 Å². The Morgan fingerprint density at radius 3 is 2.10 bits per heavy atom. The topological polar surface area (TPSA) is 33.0 Å². The maximum absolute atomic E-state index is 9.00. The summed E-state index contributed by atoms with van der Waals surface area (Å²) in [4.78, 5) is 0. The number of rotatable bonds is 6. The summed E-state index contributed by atoms with van der Waals surface area (Å²) in [7, 11) is 0. The van der Waals surface area contributed by atoms with E-state index in [9.17, 15) is 0 Å². The van der Waals surface area contributed by atoms with Gasteiger partial charge in [-0.3, -0.25) is 0 Å². The molecule has 0 aromatic heterocycles. The van der Waals surface area contributed by atoms with Gasteiger partial charge in [-0.05, 0) is 75.5 Å². The van der Waals surface area contributed by atoms with E-state index in [-0.39, 0.29) is 0 Å². The van der Waals surface area contributed by atoms with Crippen LogP contribution in [-0.2, 0) is 4.74 Å². The van der Waals surface area contributed by atoms with E-state index in [4.69, 9.17) is 10.00 Å². The van der Waals surface area contributed by atoms with E-state index < -0.39 is 0 Å². The first-order chi connectivity index (χ1) is 10.2. The predicted molar refractivity (Wildman–Crippen MR) is 86.8 cm³/mol. The number of hydrogen-bond donors (Lipinski definition) is 0. The van der Waals surface area contributed by atoms with E-state index in [0.29, 0.717) is 12.0 Å². The third kappa shape index (κ3) is 5.29. The zero-order valence-corrected chi connectivity index (χ0v) is 14.0. The molecular weight excluding hydrogens is 258 g/mol. The summed E-state index contributed by atoms with van der Waals surface area (Å²) in [5.41, 5.74) is 0. The molecule has 2 aliphatic carbocycles. The highest BCUT2D eigenvalue weighted by atomic mass is 16.5. The van der Waals surface area contributed by atoms with Gasteiger partial charge >= 0.3 is 0 Å². The van der Waals surface area contributed by atoms with Crippen molar-refractivity contribution in [3.63, 3.8) is 0 Å². The van der Waals surface area contributed by atoms with Crippen LogP contribution in [0, 0.1) is 35.0 Å². The van der Waals surface area contributed by atoms with Gasteiger partial charge in [-0.15, -0.1) is 0 Å². The lowest BCUT2D eigenvalue weighted by atomic mass is 9.71. The molecule has 0 amide bonds. The molecule has 2 nitrogen and oxygen atoms in total. The largest absolute Gasteiger partial charge is 0.378 e. The maximum atomic E-state index is 9.00. The lowest BCUT2D eigenvalue weighted by molar-refractivity contribution is 0.00268. The molecule has 0 radical (unpaired) electrons. The Morgan fingerprint density at radius 2 is 1.57 bits per heavy atom. The van der Waals surface area contributed by atoms with Crippen molar-refractivity contribution in [2.75, 3.05) is 6.61 Å². The minimum Gasteiger partial charge on any atom is -0.378 e. The molecule has 0 aromatic rings. The van der Waals surface area contributed by atoms with Crippen LogP contribution in [-0.4, -0.2) is 12.7 Å². The van der Waals surface area contributed by atoms with Crippen LogP contribution >= 0.6 is 0 Å². The smallest absolute Gasteiger partial charge is 0.0655 e. The van der Waals surface area contributed by atoms with Crippen molar-refractivity contribution in [3.05, 3.63) is 0 Å². The van der Waals surface area contributed by atoms with Crippen molar-refractivity contribution in [1.29, 1.82) is 5.26 Å². The number of ether oxygens (including phenoxy) is 1. The number of nitriles is 1. The average molecular weight is 291 g/mol. The molecule has 0 N–H and O–H groups in total. The van der Waals surface area contributed by atoms with Crippen molar-refractivity contribution in [2.24, 2.45) is 23.7 Å². The van der Waals surface area contributed by atoms with Crippen LogP contribution in [0.3, 0.4) is 0 Å². The fraction of sp³-hybridized carbons (Fsp3) is 0.947. The van der Waals surface area contributed by atoms with Crippen molar-refractivity contribution in [2.45, 2.75) is 84.2 Å². The molecular formula is C19H33NO. The highest BCUT2D eigenvalue weighted by Crippen LogP contribution is 2.40. The molecule has 120 valence electrons. The summed E-state index contributed by atoms with van der Waals surface area (Å²) >= 11 is 0. The molecule has 2 saturated carbocycles. The summed E-state index contributed by atoms with van der Waals surface area (Å²) in [6.07, 6.45) is 13.1. The molecule has 2 fully saturated rings. The minimum atomic E-state index is 0.349. The molecule has 1 atom stereocenters. The Bertz CT molecular complexity index is 319. The fourth-order valence-corrected chi connectivity index (χ4v) is 4.09. The molecule has 0 heterocycles. The summed E-state index contributed by atoms with van der Waals surface area (Å²) in [5.74, 6) is 2.97. The third-order valence-electron chi connectivity index (χ3n) is 6.00. The van der Waals surface area contributed by atoms with Crippen LogP contribution in [0.2, 0.25) is 0 Å². The Morgan fingerprint density at radius 1 is 1.00 bits per heavy atom. The van der Waals surface area contributed by atoms with Crippen molar-refractivity contribution in [3.8, 4) is 6.07 Å². The normalized spacial score (nSPS) is 35.1. The molecule has 2 rings (SSSR count). The van der Waals surface area contributed by atoms with Crippen LogP contribution < -0.4 is 0 Å². The second-order valence-electron chi connectivity index (χ2n) is 7.45. The second-order valence-corrected chi connectivity index (χ2v) is 7.45. The Hall–Kier alpha value is -0.550. The Labute approximate surface area is 131 Å². The first-order valence-corrected chi connectivity index (χ1v) is 9.24. The van der Waals surface area contributed by atoms with Gasteiger partial charge in [0.1, 0.15) is 0 Å². The summed E-state index contributed by atoms with van der Waals surface area (Å²) in [6, 6.07) is 2.45. The number of hydrogen-bond acceptors (Lipinski definition) is 2. The van der Waals surface area contributed by atoms with E-state index in [0.717, 1.165) is 37.2 Å². The quantitative estimate of drug-likeness (QED) is 0.662. The van der Waals surface area contributed by atoms with Crippen LogP contribution in [0.5, 0.6) is 0 Å². The molecule has 0 spiro atoms. The monoisotopic (exact) mass is 291 g/mol. The van der Waals surface area contributed by atoms with Gasteiger partial charge in [-0.1, -0.05) is 20.3 Å². The lowest BCUT2D eigenvalue weighted by Gasteiger charge is -2.36. The molecule has 0 bridgehead atoms. The molecule has 0 saturated heterocycles. The van der Waals surface area contributed by atoms with Gasteiger partial charge in [0.25, 0.3) is 0 Å². The van der Waals surface area contributed by atoms with Crippen LogP contribution in [0.15, 0.2) is 0 Å². The summed E-state index contributed by atoms with van der Waals surface area (Å²) in [6.45, 7) is 5.53. The average Bonchev–Trinajstić information content (AvgIpc) is 2.55. The molecule has 1 unspecified atom stereocenters. The van der Waals surface area contributed by atoms with Gasteiger partial charge < -0.3 is 4.74 Å². The standard InChI is InChI=1S/C19H33NO/c1-3-15(2)12-13-21-19-10-8-18(9-11-19)17-6-4-16(14-20)5-7-17/h15-19H,3-13H2,1-2H3. The second kappa shape index (κ2) is 8.79. The molecule has 21 heavy (non-hydrogen) atoms. The van der Waals surface area contributed by atoms with Crippen molar-refractivity contribution >= 4 is 0 Å². The van der Waals surface area contributed by atoms with E-state index in [1.54, 1.807) is 0 Å². The molecule has 0 aromatic carbocycles. The van der Waals surface area contributed by atoms with Crippen molar-refractivity contribution in [1.82, 2.24) is 0 Å². The highest BCUT2D eigenvalue weighted by molar-refractivity contribution is 4.89. The molecule has 0 aliphatic heterocycles. The maximum Gasteiger partial charge on any atom is 0.0655 e. The zero-order valence-electron chi connectivity index (χ0n) is 14.0. The van der Waals surface area contributed by atoms with Crippen LogP contribution in [0.25, 0.3) is 0 Å². The van der Waals surface area contributed by atoms with Crippen molar-refractivity contribution < 1.29 is 4.74 Å². The lowest BCUT2D eigenvalue weighted by Crippen LogP contribution is -2.28. The van der Waals surface area contributed by atoms with E-state index in [2.05, 4.69) is 19.9 Å². The van der Waals surface area contributed by atoms with Gasteiger partial charge in [0.2, 0.25) is 0 Å². The molecule has 2 aliphatic rings. The van der Waals surface area contributed by atoms with Gasteiger partial charge in [0.15, 0.2) is 0 Å². The summed E-state index contributed by atoms with van der Waals surface area (Å²) in [5, 5.41) is 9.00. The Balaban J connectivity index is 1.61. The summed E-state index contributed by atoms with van der Waals surface area (Å²) < 4.78 is 6.08. The Kier molecular flexibility index (Phi) is 7.04. The highest BCUT2D eigenvalue weighted by Gasteiger charge is 2.31. The van der Waals surface area contributed by atoms with Crippen LogP contribution in [0.1, 0.15) is 78.1 Å². The van der Waals surface area contributed by atoms with E-state index >= 15 is 0 Å². The van der Waals surface area contributed by atoms with E-state index in [1.165, 1.54) is 51.4 Å². The van der Waals surface area contributed by atoms with Gasteiger partial charge in [-0.25, -0.2) is 0 Å². The van der Waals surface area contributed by atoms with Crippen LogP contribution in [0.4, 0.5) is 0 Å². The third-order valence-corrected chi connectivity index (χ3v) is 6.00. The van der Waals surface area contributed by atoms with E-state index in [1.807, 2.05) is 0 Å². The predicted octanol–water partition coefficient (Wildman–Crippen LogP) is 5.33.